The van der Waals surface area contributed by atoms with Crippen molar-refractivity contribution in [3.05, 3.63) is 72.9 Å². The molecule has 19 heteroatoms. The van der Waals surface area contributed by atoms with Crippen LogP contribution in [-0.4, -0.2) is 96.7 Å². The van der Waals surface area contributed by atoms with E-state index in [0.717, 1.165) is 135 Å². The summed E-state index contributed by atoms with van der Waals surface area (Å²) in [7, 11) is -9.94. The minimum Gasteiger partial charge on any atom is -0.462 e. The molecular weight excluding hydrogens is 1280 g/mol. The van der Waals surface area contributed by atoms with Crippen molar-refractivity contribution in [2.45, 2.75) is 367 Å². The number of esters is 4. The molecule has 0 rings (SSSR count). The standard InChI is InChI=1S/C79H142O17P2/c1-5-9-13-17-21-25-29-32-34-35-36-37-39-42-45-48-52-56-60-64-77(82)90-70-75(96-79(84)66-62-58-54-50-46-40-31-27-23-19-15-11-7-3)72-94-98(87,88)92-68-73(80)67-91-97(85,86)93-71-74(95-78(83)65-61-57-53-49-43-28-24-20-16-12-8-4)69-89-76(81)63-59-55-51-47-44-41-38-33-30-26-22-18-14-10-6-2/h9,13,21,25,27,31-32,34,36-37,42,45,73-75,80H,5-8,10-12,14-20,22-24,26,28-30,33,35,38-41,43-44,46-72H2,1-4H3,(H,85,86)(H,87,88)/b13-9-,25-21-,31-27-,34-32-,37-36-,45-42-. The van der Waals surface area contributed by atoms with E-state index in [9.17, 15) is 43.2 Å². The quantitative estimate of drug-likeness (QED) is 0.0169. The van der Waals surface area contributed by atoms with Crippen LogP contribution in [0.3, 0.4) is 0 Å². The number of rotatable bonds is 74. The van der Waals surface area contributed by atoms with Crippen LogP contribution in [0.15, 0.2) is 72.9 Å². The van der Waals surface area contributed by atoms with Gasteiger partial charge in [0.25, 0.3) is 0 Å². The van der Waals surface area contributed by atoms with Crippen LogP contribution in [0.4, 0.5) is 0 Å². The van der Waals surface area contributed by atoms with Gasteiger partial charge >= 0.3 is 39.5 Å². The molecule has 98 heavy (non-hydrogen) atoms. The number of aliphatic hydroxyl groups excluding tert-OH is 1. The van der Waals surface area contributed by atoms with Gasteiger partial charge in [0.05, 0.1) is 26.4 Å². The third kappa shape index (κ3) is 70.9. The second-order valence-corrected chi connectivity index (χ2v) is 29.2. The van der Waals surface area contributed by atoms with Gasteiger partial charge in [-0.25, -0.2) is 9.13 Å². The van der Waals surface area contributed by atoms with Crippen LogP contribution < -0.4 is 0 Å². The summed E-state index contributed by atoms with van der Waals surface area (Å²) in [5, 5.41) is 10.6. The number of ether oxygens (including phenoxy) is 4. The Morgan fingerprint density at radius 2 is 0.531 bits per heavy atom. The number of hydrogen-bond acceptors (Lipinski definition) is 15. The molecular formula is C79H142O17P2. The maximum atomic E-state index is 13.1. The number of carbonyl (C=O) groups excluding carboxylic acids is 4. The molecule has 0 aliphatic carbocycles. The Morgan fingerprint density at radius 3 is 0.847 bits per heavy atom. The van der Waals surface area contributed by atoms with Crippen LogP contribution in [0.2, 0.25) is 0 Å². The lowest BCUT2D eigenvalue weighted by Gasteiger charge is -2.21. The zero-order valence-corrected chi connectivity index (χ0v) is 64.0. The van der Waals surface area contributed by atoms with Gasteiger partial charge in [0.2, 0.25) is 0 Å². The fourth-order valence-electron chi connectivity index (χ4n) is 10.7. The largest absolute Gasteiger partial charge is 0.472 e. The molecule has 0 spiro atoms. The molecule has 0 aromatic heterocycles. The lowest BCUT2D eigenvalue weighted by Crippen LogP contribution is -2.30. The van der Waals surface area contributed by atoms with E-state index in [1.165, 1.54) is 135 Å². The van der Waals surface area contributed by atoms with Crippen molar-refractivity contribution in [1.82, 2.24) is 0 Å². The minimum absolute atomic E-state index is 0.0796. The number of phosphoric acid groups is 2. The number of carbonyl (C=O) groups is 4. The maximum Gasteiger partial charge on any atom is 0.472 e. The second-order valence-electron chi connectivity index (χ2n) is 26.3. The highest BCUT2D eigenvalue weighted by molar-refractivity contribution is 7.47. The molecule has 0 bridgehead atoms. The van der Waals surface area contributed by atoms with Crippen LogP contribution >= 0.6 is 15.6 Å². The monoisotopic (exact) mass is 1420 g/mol. The van der Waals surface area contributed by atoms with E-state index in [4.69, 9.17) is 37.0 Å². The molecule has 5 atom stereocenters. The molecule has 0 saturated carbocycles. The predicted molar refractivity (Wildman–Crippen MR) is 400 cm³/mol. The summed E-state index contributed by atoms with van der Waals surface area (Å²) in [4.78, 5) is 72.8. The summed E-state index contributed by atoms with van der Waals surface area (Å²) in [6.07, 6.45) is 71.8. The van der Waals surface area contributed by atoms with Crippen molar-refractivity contribution in [2.75, 3.05) is 39.6 Å². The average Bonchev–Trinajstić information content (AvgIpc) is 0.972. The molecule has 0 amide bonds. The van der Waals surface area contributed by atoms with Crippen LogP contribution in [0.1, 0.15) is 349 Å². The zero-order chi connectivity index (χ0) is 71.8. The predicted octanol–water partition coefficient (Wildman–Crippen LogP) is 22.4. The number of unbranched alkanes of at least 4 members (excludes halogenated alkanes) is 36. The molecule has 0 fully saturated rings. The van der Waals surface area contributed by atoms with E-state index in [0.29, 0.717) is 25.7 Å². The summed E-state index contributed by atoms with van der Waals surface area (Å²) in [6, 6.07) is 0. The molecule has 0 heterocycles. The molecule has 0 radical (unpaired) electrons. The van der Waals surface area contributed by atoms with Crippen molar-refractivity contribution in [1.29, 1.82) is 0 Å². The van der Waals surface area contributed by atoms with E-state index >= 15 is 0 Å². The summed E-state index contributed by atoms with van der Waals surface area (Å²) in [5.74, 6) is -2.19. The SMILES string of the molecule is CC/C=C\C/C=C\C/C=C\C/C=C\C/C=C\CCCCCC(=O)OCC(COP(=O)(O)OCC(O)COP(=O)(O)OCC(COC(=O)CCCCCCCCCCCCCCCCC)OC(=O)CCCCCCCCCCCCC)OC(=O)CCCCCCC/C=C\CCCCCC. The average molecular weight is 1430 g/mol. The topological polar surface area (TPSA) is 237 Å². The first-order chi connectivity index (χ1) is 47.7. The highest BCUT2D eigenvalue weighted by Crippen LogP contribution is 2.45. The smallest absolute Gasteiger partial charge is 0.462 e. The molecule has 0 aliphatic rings. The minimum atomic E-state index is -4.98. The molecule has 5 unspecified atom stereocenters. The van der Waals surface area contributed by atoms with E-state index in [-0.39, 0.29) is 25.7 Å². The Balaban J connectivity index is 5.31. The van der Waals surface area contributed by atoms with Gasteiger partial charge in [0.1, 0.15) is 19.3 Å². The van der Waals surface area contributed by atoms with Crippen molar-refractivity contribution >= 4 is 39.5 Å². The number of allylic oxidation sites excluding steroid dienone is 12. The molecule has 0 aromatic rings. The summed E-state index contributed by atoms with van der Waals surface area (Å²) in [5.41, 5.74) is 0. The number of hydrogen-bond donors (Lipinski definition) is 3. The number of aliphatic hydroxyl groups is 1. The van der Waals surface area contributed by atoms with Gasteiger partial charge in [-0.05, 0) is 96.3 Å². The molecule has 3 N–H and O–H groups in total. The normalized spacial score (nSPS) is 14.3. The first-order valence-electron chi connectivity index (χ1n) is 39.2. The zero-order valence-electron chi connectivity index (χ0n) is 62.2. The third-order valence-corrected chi connectivity index (χ3v) is 18.6. The Labute approximate surface area is 596 Å². The second kappa shape index (κ2) is 71.9. The highest BCUT2D eigenvalue weighted by Gasteiger charge is 2.30. The molecule has 0 aliphatic heterocycles. The van der Waals surface area contributed by atoms with Gasteiger partial charge in [-0.15, -0.1) is 0 Å². The summed E-state index contributed by atoms with van der Waals surface area (Å²) < 4.78 is 68.5. The van der Waals surface area contributed by atoms with Gasteiger partial charge in [0.15, 0.2) is 12.2 Å². The fraction of sp³-hybridized carbons (Fsp3) is 0.797. The maximum absolute atomic E-state index is 13.1. The van der Waals surface area contributed by atoms with Crippen LogP contribution in [0.25, 0.3) is 0 Å². The van der Waals surface area contributed by atoms with Gasteiger partial charge in [-0.2, -0.15) is 0 Å². The van der Waals surface area contributed by atoms with E-state index < -0.39 is 97.5 Å². The van der Waals surface area contributed by atoms with Crippen LogP contribution in [-0.2, 0) is 65.4 Å². The Morgan fingerprint density at radius 1 is 0.296 bits per heavy atom. The van der Waals surface area contributed by atoms with E-state index in [1.807, 2.05) is 0 Å². The fourth-order valence-corrected chi connectivity index (χ4v) is 12.3. The first kappa shape index (κ1) is 94.5. The molecule has 0 aromatic carbocycles. The van der Waals surface area contributed by atoms with Crippen LogP contribution in [0, 0.1) is 0 Å². The summed E-state index contributed by atoms with van der Waals surface area (Å²) in [6.45, 7) is 4.75. The number of phosphoric ester groups is 2. The highest BCUT2D eigenvalue weighted by atomic mass is 31.2. The molecule has 17 nitrogen and oxygen atoms in total. The van der Waals surface area contributed by atoms with E-state index in [1.54, 1.807) is 0 Å². The van der Waals surface area contributed by atoms with Gasteiger partial charge < -0.3 is 33.8 Å². The van der Waals surface area contributed by atoms with E-state index in [2.05, 4.69) is 101 Å². The lowest BCUT2D eigenvalue weighted by molar-refractivity contribution is -0.161. The van der Waals surface area contributed by atoms with Crippen LogP contribution in [0.5, 0.6) is 0 Å². The third-order valence-electron chi connectivity index (χ3n) is 16.7. The lowest BCUT2D eigenvalue weighted by atomic mass is 10.0. The van der Waals surface area contributed by atoms with Crippen molar-refractivity contribution in [3.63, 3.8) is 0 Å². The Hall–Kier alpha value is -3.50. The van der Waals surface area contributed by atoms with Crippen molar-refractivity contribution in [2.24, 2.45) is 0 Å². The Kier molecular flexibility index (Phi) is 69.3. The first-order valence-corrected chi connectivity index (χ1v) is 42.2. The molecule has 570 valence electrons. The summed E-state index contributed by atoms with van der Waals surface area (Å²) >= 11 is 0. The van der Waals surface area contributed by atoms with Gasteiger partial charge in [0, 0.05) is 25.7 Å². The van der Waals surface area contributed by atoms with Gasteiger partial charge in [-0.1, -0.05) is 300 Å². The van der Waals surface area contributed by atoms with Crippen molar-refractivity contribution in [3.8, 4) is 0 Å². The van der Waals surface area contributed by atoms with Gasteiger partial charge in [-0.3, -0.25) is 37.3 Å². The molecule has 0 saturated heterocycles. The van der Waals surface area contributed by atoms with Crippen molar-refractivity contribution < 1.29 is 80.2 Å². The Bertz CT molecular complexity index is 2140.